The van der Waals surface area contributed by atoms with Crippen molar-refractivity contribution in [3.63, 3.8) is 0 Å². The molecule has 1 aromatic heterocycles. The van der Waals surface area contributed by atoms with Crippen LogP contribution in [0.5, 0.6) is 0 Å². The van der Waals surface area contributed by atoms with Crippen molar-refractivity contribution in [3.05, 3.63) is 5.69 Å². The Kier molecular flexibility index (Phi) is 2.27. The number of hydrogen-bond donors (Lipinski definition) is 1. The Bertz CT molecular complexity index is 294. The Morgan fingerprint density at radius 3 is 2.75 bits per heavy atom. The van der Waals surface area contributed by atoms with Gasteiger partial charge in [0.05, 0.1) is 13.7 Å². The third-order valence-corrected chi connectivity index (χ3v) is 1.34. The van der Waals surface area contributed by atoms with Crippen molar-refractivity contribution in [2.75, 3.05) is 12.8 Å². The number of aromatic nitrogens is 3. The number of nitrogens with zero attached hydrogens (tertiary/aromatic N) is 3. The van der Waals surface area contributed by atoms with Crippen LogP contribution in [0.3, 0.4) is 0 Å². The van der Waals surface area contributed by atoms with Gasteiger partial charge in [-0.1, -0.05) is 0 Å². The molecular weight excluding hydrogens is 160 g/mol. The molecule has 0 fully saturated rings. The molecule has 0 aliphatic rings. The fourth-order valence-corrected chi connectivity index (χ4v) is 0.744. The van der Waals surface area contributed by atoms with E-state index in [1.165, 1.54) is 11.9 Å². The molecule has 0 atom stereocenters. The van der Waals surface area contributed by atoms with Crippen molar-refractivity contribution in [2.45, 2.75) is 13.5 Å². The van der Waals surface area contributed by atoms with Crippen molar-refractivity contribution >= 4 is 11.8 Å². The van der Waals surface area contributed by atoms with Crippen molar-refractivity contribution in [2.24, 2.45) is 0 Å². The first-order chi connectivity index (χ1) is 5.69. The van der Waals surface area contributed by atoms with Crippen LogP contribution in [0.15, 0.2) is 0 Å². The van der Waals surface area contributed by atoms with Gasteiger partial charge in [-0.3, -0.25) is 0 Å². The van der Waals surface area contributed by atoms with Crippen LogP contribution in [-0.4, -0.2) is 28.1 Å². The second-order valence-corrected chi connectivity index (χ2v) is 2.11. The molecule has 2 N–H and O–H groups in total. The Balaban J connectivity index is 2.99. The van der Waals surface area contributed by atoms with E-state index >= 15 is 0 Å². The lowest BCUT2D eigenvalue weighted by molar-refractivity contribution is 0.0594. The van der Waals surface area contributed by atoms with Gasteiger partial charge in [0.15, 0.2) is 5.82 Å². The van der Waals surface area contributed by atoms with Crippen LogP contribution in [0.4, 0.5) is 5.82 Å². The van der Waals surface area contributed by atoms with Crippen molar-refractivity contribution in [1.29, 1.82) is 0 Å². The molecule has 1 heterocycles. The lowest BCUT2D eigenvalue weighted by atomic mass is 10.4. The average Bonchev–Trinajstić information content (AvgIpc) is 2.45. The number of carbonyl (C=O) groups is 1. The molecule has 6 heteroatoms. The largest absolute Gasteiger partial charge is 0.464 e. The summed E-state index contributed by atoms with van der Waals surface area (Å²) in [6.07, 6.45) is 0. The molecule has 0 unspecified atom stereocenters. The molecule has 1 rings (SSSR count). The molecular formula is C6H10N4O2. The predicted octanol–water partition coefficient (Wildman–Crippen LogP) is -0.333. The highest BCUT2D eigenvalue weighted by Gasteiger charge is 2.15. The number of carbonyl (C=O) groups excluding carboxylic acids is 1. The van der Waals surface area contributed by atoms with Gasteiger partial charge in [-0.15, -0.1) is 10.2 Å². The number of nitrogen functional groups attached to an aromatic ring is 1. The van der Waals surface area contributed by atoms with E-state index in [4.69, 9.17) is 5.73 Å². The molecule has 0 amide bonds. The van der Waals surface area contributed by atoms with Crippen LogP contribution in [0.1, 0.15) is 17.4 Å². The first-order valence-corrected chi connectivity index (χ1v) is 3.48. The van der Waals surface area contributed by atoms with Gasteiger partial charge in [0.1, 0.15) is 0 Å². The first kappa shape index (κ1) is 8.51. The van der Waals surface area contributed by atoms with Crippen LogP contribution >= 0.6 is 0 Å². The highest BCUT2D eigenvalue weighted by Crippen LogP contribution is 2.05. The molecule has 0 aliphatic carbocycles. The quantitative estimate of drug-likeness (QED) is 0.614. The molecule has 0 aliphatic heterocycles. The zero-order valence-corrected chi connectivity index (χ0v) is 6.94. The minimum absolute atomic E-state index is 0.0688. The van der Waals surface area contributed by atoms with Gasteiger partial charge in [-0.25, -0.2) is 4.79 Å². The maximum Gasteiger partial charge on any atom is 0.362 e. The number of esters is 1. The van der Waals surface area contributed by atoms with Crippen molar-refractivity contribution in [3.8, 4) is 0 Å². The van der Waals surface area contributed by atoms with Gasteiger partial charge in [0.25, 0.3) is 0 Å². The summed E-state index contributed by atoms with van der Waals surface area (Å²) in [6.45, 7) is 2.42. The van der Waals surface area contributed by atoms with E-state index in [1.54, 1.807) is 0 Å². The van der Waals surface area contributed by atoms with Crippen LogP contribution in [0.2, 0.25) is 0 Å². The van der Waals surface area contributed by atoms with Gasteiger partial charge in [0, 0.05) is 0 Å². The van der Waals surface area contributed by atoms with Crippen LogP contribution in [-0.2, 0) is 11.3 Å². The maximum atomic E-state index is 10.9. The zero-order valence-electron chi connectivity index (χ0n) is 6.94. The van der Waals surface area contributed by atoms with Gasteiger partial charge in [-0.05, 0) is 6.92 Å². The minimum atomic E-state index is -0.563. The number of hydrogen-bond acceptors (Lipinski definition) is 5. The second kappa shape index (κ2) is 3.21. The Morgan fingerprint density at radius 1 is 1.67 bits per heavy atom. The standard InChI is InChI=1S/C6H10N4O2/c1-3-10-8-4(5(7)9-10)6(11)12-2/h3H2,1-2H3,(H2,7,9). The van der Waals surface area contributed by atoms with E-state index in [0.29, 0.717) is 6.54 Å². The summed E-state index contributed by atoms with van der Waals surface area (Å²) in [5.41, 5.74) is 5.47. The Hall–Kier alpha value is -1.59. The molecule has 0 spiro atoms. The van der Waals surface area contributed by atoms with Crippen LogP contribution < -0.4 is 5.73 Å². The summed E-state index contributed by atoms with van der Waals surface area (Å²) in [4.78, 5) is 12.3. The van der Waals surface area contributed by atoms with E-state index in [9.17, 15) is 4.79 Å². The summed E-state index contributed by atoms with van der Waals surface area (Å²) in [6, 6.07) is 0. The van der Waals surface area contributed by atoms with E-state index in [1.807, 2.05) is 6.92 Å². The fourth-order valence-electron chi connectivity index (χ4n) is 0.744. The number of nitrogens with two attached hydrogens (primary N) is 1. The number of ether oxygens (including phenoxy) is 1. The number of rotatable bonds is 2. The highest BCUT2D eigenvalue weighted by atomic mass is 16.5. The molecule has 12 heavy (non-hydrogen) atoms. The lowest BCUT2D eigenvalue weighted by Crippen LogP contribution is -2.06. The summed E-state index contributed by atoms with van der Waals surface area (Å²) < 4.78 is 4.44. The van der Waals surface area contributed by atoms with Gasteiger partial charge >= 0.3 is 5.97 Å². The van der Waals surface area contributed by atoms with Crippen molar-refractivity contribution in [1.82, 2.24) is 15.0 Å². The maximum absolute atomic E-state index is 10.9. The molecule has 0 bridgehead atoms. The molecule has 1 aromatic rings. The topological polar surface area (TPSA) is 83.0 Å². The first-order valence-electron chi connectivity index (χ1n) is 3.48. The number of anilines is 1. The second-order valence-electron chi connectivity index (χ2n) is 2.11. The average molecular weight is 170 g/mol. The van der Waals surface area contributed by atoms with Gasteiger partial charge in [0.2, 0.25) is 5.69 Å². The van der Waals surface area contributed by atoms with Crippen LogP contribution in [0, 0.1) is 0 Å². The monoisotopic (exact) mass is 170 g/mol. The summed E-state index contributed by atoms with van der Waals surface area (Å²) in [5, 5.41) is 7.59. The Labute approximate surface area is 69.3 Å². The van der Waals surface area contributed by atoms with E-state index in [-0.39, 0.29) is 11.5 Å². The van der Waals surface area contributed by atoms with Crippen molar-refractivity contribution < 1.29 is 9.53 Å². The molecule has 0 saturated carbocycles. The predicted molar refractivity (Wildman–Crippen MR) is 41.4 cm³/mol. The van der Waals surface area contributed by atoms with E-state index in [0.717, 1.165) is 0 Å². The SMILES string of the molecule is CCn1nc(N)c(C(=O)OC)n1. The minimum Gasteiger partial charge on any atom is -0.464 e. The Morgan fingerprint density at radius 2 is 2.33 bits per heavy atom. The molecule has 0 aromatic carbocycles. The molecule has 0 saturated heterocycles. The van der Waals surface area contributed by atoms with E-state index in [2.05, 4.69) is 14.9 Å². The highest BCUT2D eigenvalue weighted by molar-refractivity contribution is 5.91. The molecule has 66 valence electrons. The lowest BCUT2D eigenvalue weighted by Gasteiger charge is -1.91. The normalized spacial score (nSPS) is 9.83. The number of methoxy groups -OCH3 is 1. The van der Waals surface area contributed by atoms with Gasteiger partial charge < -0.3 is 10.5 Å². The van der Waals surface area contributed by atoms with E-state index < -0.39 is 5.97 Å². The fraction of sp³-hybridized carbons (Fsp3) is 0.500. The third-order valence-electron chi connectivity index (χ3n) is 1.34. The smallest absolute Gasteiger partial charge is 0.362 e. The number of aryl methyl sites for hydroxylation is 1. The summed E-state index contributed by atoms with van der Waals surface area (Å²) in [5.74, 6) is -0.462. The molecule has 6 nitrogen and oxygen atoms in total. The van der Waals surface area contributed by atoms with Gasteiger partial charge in [-0.2, -0.15) is 4.80 Å². The molecule has 0 radical (unpaired) electrons. The van der Waals surface area contributed by atoms with Crippen LogP contribution in [0.25, 0.3) is 0 Å². The summed E-state index contributed by atoms with van der Waals surface area (Å²) in [7, 11) is 1.27. The summed E-state index contributed by atoms with van der Waals surface area (Å²) >= 11 is 0. The zero-order chi connectivity index (χ0) is 9.14. The third kappa shape index (κ3) is 1.36.